The summed E-state index contributed by atoms with van der Waals surface area (Å²) in [5.41, 5.74) is 1.14. The molecule has 0 saturated carbocycles. The van der Waals surface area contributed by atoms with Gasteiger partial charge in [0, 0.05) is 18.6 Å². The molecule has 1 aromatic carbocycles. The van der Waals surface area contributed by atoms with E-state index in [-0.39, 0.29) is 0 Å². The molecule has 2 rings (SSSR count). The number of rotatable bonds is 5. The Balaban J connectivity index is 1.98. The zero-order valence-corrected chi connectivity index (χ0v) is 12.4. The molecule has 2 unspecified atom stereocenters. The minimum Gasteiger partial charge on any atom is -0.491 e. The van der Waals surface area contributed by atoms with Crippen molar-refractivity contribution in [3.05, 3.63) is 24.3 Å². The van der Waals surface area contributed by atoms with E-state index in [4.69, 9.17) is 4.74 Å². The molecule has 3 heteroatoms. The Morgan fingerprint density at radius 3 is 2.89 bits per heavy atom. The first kappa shape index (κ1) is 14.2. The summed E-state index contributed by atoms with van der Waals surface area (Å²) < 4.78 is 5.80. The molecule has 19 heavy (non-hydrogen) atoms. The number of nitrogens with zero attached hydrogens (tertiary/aromatic N) is 1. The monoisotopic (exact) mass is 262 g/mol. The summed E-state index contributed by atoms with van der Waals surface area (Å²) in [6.07, 6.45) is 3.43. The smallest absolute Gasteiger partial charge is 0.142 e. The van der Waals surface area contributed by atoms with Gasteiger partial charge in [0.05, 0.1) is 12.3 Å². The Labute approximate surface area is 116 Å². The van der Waals surface area contributed by atoms with Gasteiger partial charge in [-0.1, -0.05) is 19.1 Å². The molecule has 1 fully saturated rings. The van der Waals surface area contributed by atoms with Crippen LogP contribution in [0.1, 0.15) is 33.1 Å². The van der Waals surface area contributed by atoms with Gasteiger partial charge in [-0.05, 0) is 45.4 Å². The van der Waals surface area contributed by atoms with E-state index in [2.05, 4.69) is 49.3 Å². The average Bonchev–Trinajstić information content (AvgIpc) is 2.42. The van der Waals surface area contributed by atoms with E-state index >= 15 is 0 Å². The van der Waals surface area contributed by atoms with Gasteiger partial charge in [0.15, 0.2) is 0 Å². The summed E-state index contributed by atoms with van der Waals surface area (Å²) in [7, 11) is 2.21. The number of ether oxygens (including phenoxy) is 1. The van der Waals surface area contributed by atoms with Gasteiger partial charge in [-0.25, -0.2) is 0 Å². The largest absolute Gasteiger partial charge is 0.491 e. The van der Waals surface area contributed by atoms with Gasteiger partial charge < -0.3 is 15.0 Å². The molecule has 0 aliphatic carbocycles. The van der Waals surface area contributed by atoms with Crippen LogP contribution in [0.4, 0.5) is 5.69 Å². The van der Waals surface area contributed by atoms with Crippen molar-refractivity contribution in [2.24, 2.45) is 0 Å². The molecule has 0 spiro atoms. The topological polar surface area (TPSA) is 24.5 Å². The Hall–Kier alpha value is -1.22. The predicted octanol–water partition coefficient (Wildman–Crippen LogP) is 3.37. The molecular weight excluding hydrogens is 236 g/mol. The second-order valence-corrected chi connectivity index (χ2v) is 5.54. The van der Waals surface area contributed by atoms with Gasteiger partial charge in [0.2, 0.25) is 0 Å². The molecule has 3 nitrogen and oxygen atoms in total. The third kappa shape index (κ3) is 3.87. The molecule has 1 aliphatic rings. The molecule has 1 aromatic rings. The highest BCUT2D eigenvalue weighted by Crippen LogP contribution is 2.27. The Morgan fingerprint density at radius 2 is 2.16 bits per heavy atom. The number of nitrogens with one attached hydrogen (secondary N) is 1. The van der Waals surface area contributed by atoms with Crippen LogP contribution < -0.4 is 10.1 Å². The lowest BCUT2D eigenvalue weighted by Crippen LogP contribution is -2.42. The standard InChI is InChI=1S/C16H26N2O/c1-4-11-19-16-8-6-5-7-15(16)17-14-9-10-18(3)13(2)12-14/h5-8,13-14,17H,4,9-12H2,1-3H3. The van der Waals surface area contributed by atoms with Crippen molar-refractivity contribution in [1.82, 2.24) is 4.90 Å². The van der Waals surface area contributed by atoms with Gasteiger partial charge in [0.1, 0.15) is 5.75 Å². The molecule has 0 bridgehead atoms. The normalized spacial score (nSPS) is 24.2. The number of para-hydroxylation sites is 2. The number of piperidine rings is 1. The molecule has 1 saturated heterocycles. The van der Waals surface area contributed by atoms with Gasteiger partial charge in [-0.15, -0.1) is 0 Å². The van der Waals surface area contributed by atoms with Crippen molar-refractivity contribution in [2.75, 3.05) is 25.5 Å². The SMILES string of the molecule is CCCOc1ccccc1NC1CCN(C)C(C)C1. The average molecular weight is 262 g/mol. The van der Waals surface area contributed by atoms with Gasteiger partial charge in [0.25, 0.3) is 0 Å². The van der Waals surface area contributed by atoms with E-state index < -0.39 is 0 Å². The van der Waals surface area contributed by atoms with Crippen LogP contribution in [0.3, 0.4) is 0 Å². The maximum atomic E-state index is 5.80. The molecular formula is C16H26N2O. The number of hydrogen-bond donors (Lipinski definition) is 1. The maximum absolute atomic E-state index is 5.80. The molecule has 2 atom stereocenters. The number of likely N-dealkylation sites (tertiary alicyclic amines) is 1. The van der Waals surface area contributed by atoms with E-state index in [9.17, 15) is 0 Å². The third-order valence-electron chi connectivity index (χ3n) is 3.92. The summed E-state index contributed by atoms with van der Waals surface area (Å²) in [6.45, 7) is 6.38. The van der Waals surface area contributed by atoms with Crippen LogP contribution in [0.25, 0.3) is 0 Å². The van der Waals surface area contributed by atoms with Crippen molar-refractivity contribution in [3.8, 4) is 5.75 Å². The molecule has 0 aromatic heterocycles. The summed E-state index contributed by atoms with van der Waals surface area (Å²) >= 11 is 0. The second-order valence-electron chi connectivity index (χ2n) is 5.54. The number of hydrogen-bond acceptors (Lipinski definition) is 3. The molecule has 1 aliphatic heterocycles. The lowest BCUT2D eigenvalue weighted by molar-refractivity contribution is 0.190. The Kier molecular flexibility index (Phi) is 5.08. The highest BCUT2D eigenvalue weighted by atomic mass is 16.5. The fraction of sp³-hybridized carbons (Fsp3) is 0.625. The quantitative estimate of drug-likeness (QED) is 0.880. The lowest BCUT2D eigenvalue weighted by Gasteiger charge is -2.36. The van der Waals surface area contributed by atoms with Crippen LogP contribution in [0.15, 0.2) is 24.3 Å². The van der Waals surface area contributed by atoms with Crippen molar-refractivity contribution in [3.63, 3.8) is 0 Å². The van der Waals surface area contributed by atoms with Crippen molar-refractivity contribution in [2.45, 2.75) is 45.2 Å². The fourth-order valence-electron chi connectivity index (χ4n) is 2.56. The summed E-state index contributed by atoms with van der Waals surface area (Å²) in [5, 5.41) is 3.66. The number of benzene rings is 1. The highest BCUT2D eigenvalue weighted by molar-refractivity contribution is 5.56. The first-order valence-electron chi connectivity index (χ1n) is 7.39. The van der Waals surface area contributed by atoms with E-state index in [0.29, 0.717) is 12.1 Å². The Morgan fingerprint density at radius 1 is 1.37 bits per heavy atom. The van der Waals surface area contributed by atoms with Crippen LogP contribution in [0, 0.1) is 0 Å². The molecule has 106 valence electrons. The van der Waals surface area contributed by atoms with Crippen molar-refractivity contribution >= 4 is 5.69 Å². The van der Waals surface area contributed by atoms with Crippen LogP contribution >= 0.6 is 0 Å². The van der Waals surface area contributed by atoms with E-state index in [1.54, 1.807) is 0 Å². The molecule has 0 radical (unpaired) electrons. The lowest BCUT2D eigenvalue weighted by atomic mass is 9.98. The number of anilines is 1. The van der Waals surface area contributed by atoms with E-state index in [1.807, 2.05) is 6.07 Å². The summed E-state index contributed by atoms with van der Waals surface area (Å²) in [6, 6.07) is 9.48. The molecule has 0 amide bonds. The van der Waals surface area contributed by atoms with Gasteiger partial charge in [-0.2, -0.15) is 0 Å². The second kappa shape index (κ2) is 6.80. The van der Waals surface area contributed by atoms with Crippen molar-refractivity contribution < 1.29 is 4.74 Å². The summed E-state index contributed by atoms with van der Waals surface area (Å²) in [4.78, 5) is 2.43. The minimum absolute atomic E-state index is 0.553. The zero-order valence-electron chi connectivity index (χ0n) is 12.4. The van der Waals surface area contributed by atoms with Crippen LogP contribution in [0.2, 0.25) is 0 Å². The van der Waals surface area contributed by atoms with E-state index in [1.165, 1.54) is 12.8 Å². The van der Waals surface area contributed by atoms with Gasteiger partial charge in [-0.3, -0.25) is 0 Å². The van der Waals surface area contributed by atoms with Crippen LogP contribution in [0.5, 0.6) is 5.75 Å². The van der Waals surface area contributed by atoms with Crippen molar-refractivity contribution in [1.29, 1.82) is 0 Å². The van der Waals surface area contributed by atoms with Gasteiger partial charge >= 0.3 is 0 Å². The first-order chi connectivity index (χ1) is 9.20. The van der Waals surface area contributed by atoms with Crippen LogP contribution in [-0.4, -0.2) is 37.2 Å². The summed E-state index contributed by atoms with van der Waals surface area (Å²) in [5.74, 6) is 0.982. The highest BCUT2D eigenvalue weighted by Gasteiger charge is 2.23. The molecule has 1 heterocycles. The van der Waals surface area contributed by atoms with Crippen LogP contribution in [-0.2, 0) is 0 Å². The minimum atomic E-state index is 0.553. The zero-order chi connectivity index (χ0) is 13.7. The first-order valence-corrected chi connectivity index (χ1v) is 7.39. The van der Waals surface area contributed by atoms with E-state index in [0.717, 1.165) is 31.0 Å². The maximum Gasteiger partial charge on any atom is 0.142 e. The third-order valence-corrected chi connectivity index (χ3v) is 3.92. The predicted molar refractivity (Wildman–Crippen MR) is 81.0 cm³/mol. The Bertz CT molecular complexity index is 394. The fourth-order valence-corrected chi connectivity index (χ4v) is 2.56. The molecule has 1 N–H and O–H groups in total.